The number of hydrogen-bond acceptors (Lipinski definition) is 4. The molecule has 1 N–H and O–H groups in total. The van der Waals surface area contributed by atoms with Gasteiger partial charge in [-0.15, -0.1) is 0 Å². The van der Waals surface area contributed by atoms with E-state index in [0.29, 0.717) is 5.69 Å². The largest absolute Gasteiger partial charge is 0.386 e. The summed E-state index contributed by atoms with van der Waals surface area (Å²) in [7, 11) is 6.11. The highest BCUT2D eigenvalue weighted by atomic mass is 19.1. The summed E-state index contributed by atoms with van der Waals surface area (Å²) >= 11 is 0. The lowest BCUT2D eigenvalue weighted by Gasteiger charge is -2.25. The van der Waals surface area contributed by atoms with E-state index in [1.165, 1.54) is 12.1 Å². The van der Waals surface area contributed by atoms with Crippen molar-refractivity contribution in [1.29, 1.82) is 0 Å². The van der Waals surface area contributed by atoms with Crippen LogP contribution in [0.5, 0.6) is 0 Å². The van der Waals surface area contributed by atoms with Crippen molar-refractivity contribution in [3.63, 3.8) is 0 Å². The Morgan fingerprint density at radius 3 is 2.47 bits per heavy atom. The molecule has 0 aliphatic carbocycles. The van der Waals surface area contributed by atoms with Crippen LogP contribution in [0.15, 0.2) is 18.3 Å². The zero-order chi connectivity index (χ0) is 14.4. The third-order valence-corrected chi connectivity index (χ3v) is 3.12. The van der Waals surface area contributed by atoms with E-state index in [-0.39, 0.29) is 11.7 Å². The quantitative estimate of drug-likeness (QED) is 0.812. The van der Waals surface area contributed by atoms with Gasteiger partial charge in [0.2, 0.25) is 0 Å². The molecule has 19 heavy (non-hydrogen) atoms. The summed E-state index contributed by atoms with van der Waals surface area (Å²) in [5.74, 6) is -0.336. The maximum Gasteiger partial charge on any atom is 0.141 e. The number of aliphatic hydroxyl groups excluding tert-OH is 1. The van der Waals surface area contributed by atoms with E-state index in [9.17, 15) is 9.50 Å². The number of nitrogens with zero attached hydrogens (tertiary/aromatic N) is 3. The van der Waals surface area contributed by atoms with E-state index in [2.05, 4.69) is 14.8 Å². The van der Waals surface area contributed by atoms with Gasteiger partial charge in [-0.1, -0.05) is 6.92 Å². The molecule has 0 fully saturated rings. The number of halogens is 1. The lowest BCUT2D eigenvalue weighted by Crippen LogP contribution is -2.33. The van der Waals surface area contributed by atoms with E-state index in [1.807, 2.05) is 28.1 Å². The van der Waals surface area contributed by atoms with Crippen LogP contribution in [-0.4, -0.2) is 60.7 Å². The van der Waals surface area contributed by atoms with Crippen molar-refractivity contribution in [1.82, 2.24) is 14.8 Å². The van der Waals surface area contributed by atoms with Gasteiger partial charge in [0.15, 0.2) is 0 Å². The van der Waals surface area contributed by atoms with Crippen LogP contribution in [0.2, 0.25) is 0 Å². The van der Waals surface area contributed by atoms with Gasteiger partial charge in [-0.2, -0.15) is 0 Å². The second kappa shape index (κ2) is 7.53. The van der Waals surface area contributed by atoms with Gasteiger partial charge in [0.1, 0.15) is 5.82 Å². The molecule has 2 atom stereocenters. The van der Waals surface area contributed by atoms with Crippen molar-refractivity contribution in [2.45, 2.75) is 13.0 Å². The Balaban J connectivity index is 2.48. The van der Waals surface area contributed by atoms with Crippen molar-refractivity contribution in [2.24, 2.45) is 5.92 Å². The van der Waals surface area contributed by atoms with Crippen LogP contribution in [-0.2, 0) is 0 Å². The lowest BCUT2D eigenvalue weighted by atomic mass is 10.0. The average molecular weight is 269 g/mol. The summed E-state index contributed by atoms with van der Waals surface area (Å²) in [5, 5.41) is 10.2. The van der Waals surface area contributed by atoms with Gasteiger partial charge in [0.05, 0.1) is 18.0 Å². The summed E-state index contributed by atoms with van der Waals surface area (Å²) in [6.45, 7) is 4.67. The SMILES string of the molecule is CC(CN(C)CCN(C)C)C(O)c1ccc(F)cn1. The summed E-state index contributed by atoms with van der Waals surface area (Å²) in [6.07, 6.45) is 0.475. The number of rotatable bonds is 7. The van der Waals surface area contributed by atoms with Crippen LogP contribution in [0.1, 0.15) is 18.7 Å². The molecule has 0 spiro atoms. The number of hydrogen-bond donors (Lipinski definition) is 1. The molecule has 0 aliphatic heterocycles. The highest BCUT2D eigenvalue weighted by molar-refractivity contribution is 5.08. The first-order chi connectivity index (χ1) is 8.90. The molecule has 0 radical (unpaired) electrons. The standard InChI is InChI=1S/C14H24FN3O/c1-11(10-18(4)8-7-17(2)3)14(19)13-6-5-12(15)9-16-13/h5-6,9,11,14,19H,7-8,10H2,1-4H3. The molecule has 5 heteroatoms. The molecule has 0 aromatic carbocycles. The lowest BCUT2D eigenvalue weighted by molar-refractivity contribution is 0.0897. The number of pyridine rings is 1. The smallest absolute Gasteiger partial charge is 0.141 e. The first-order valence-electron chi connectivity index (χ1n) is 6.53. The van der Waals surface area contributed by atoms with E-state index in [4.69, 9.17) is 0 Å². The van der Waals surface area contributed by atoms with Gasteiger partial charge < -0.3 is 14.9 Å². The monoisotopic (exact) mass is 269 g/mol. The Bertz CT molecular complexity index is 369. The summed E-state index contributed by atoms with van der Waals surface area (Å²) < 4.78 is 12.8. The Hall–Kier alpha value is -1.04. The van der Waals surface area contributed by atoms with Crippen LogP contribution in [0.3, 0.4) is 0 Å². The number of aromatic nitrogens is 1. The van der Waals surface area contributed by atoms with Gasteiger partial charge in [0.25, 0.3) is 0 Å². The fourth-order valence-corrected chi connectivity index (χ4v) is 1.91. The molecule has 1 aromatic heterocycles. The minimum absolute atomic E-state index is 0.0464. The topological polar surface area (TPSA) is 39.6 Å². The van der Waals surface area contributed by atoms with Crippen molar-refractivity contribution in [3.8, 4) is 0 Å². The predicted octanol–water partition coefficient (Wildman–Crippen LogP) is 1.38. The zero-order valence-electron chi connectivity index (χ0n) is 12.2. The molecular formula is C14H24FN3O. The fourth-order valence-electron chi connectivity index (χ4n) is 1.91. The van der Waals surface area contributed by atoms with E-state index < -0.39 is 6.10 Å². The minimum atomic E-state index is -0.664. The molecule has 0 saturated heterocycles. The van der Waals surface area contributed by atoms with Crippen LogP contribution < -0.4 is 0 Å². The summed E-state index contributed by atoms with van der Waals surface area (Å²) in [5.41, 5.74) is 0.523. The van der Waals surface area contributed by atoms with Crippen LogP contribution in [0.25, 0.3) is 0 Å². The second-order valence-corrected chi connectivity index (χ2v) is 5.39. The minimum Gasteiger partial charge on any atom is -0.386 e. The van der Waals surface area contributed by atoms with Crippen LogP contribution >= 0.6 is 0 Å². The molecular weight excluding hydrogens is 245 g/mol. The van der Waals surface area contributed by atoms with Gasteiger partial charge in [-0.3, -0.25) is 4.98 Å². The first kappa shape index (κ1) is 16.0. The Kier molecular flexibility index (Phi) is 6.34. The number of aliphatic hydroxyl groups is 1. The van der Waals surface area contributed by atoms with Crippen molar-refractivity contribution in [3.05, 3.63) is 29.8 Å². The Morgan fingerprint density at radius 2 is 1.95 bits per heavy atom. The third kappa shape index (κ3) is 5.63. The first-order valence-corrected chi connectivity index (χ1v) is 6.53. The third-order valence-electron chi connectivity index (χ3n) is 3.12. The van der Waals surface area contributed by atoms with E-state index in [0.717, 1.165) is 25.8 Å². The van der Waals surface area contributed by atoms with E-state index >= 15 is 0 Å². The highest BCUT2D eigenvalue weighted by Gasteiger charge is 2.19. The molecule has 0 saturated carbocycles. The van der Waals surface area contributed by atoms with Crippen LogP contribution in [0, 0.1) is 11.7 Å². The van der Waals surface area contributed by atoms with Gasteiger partial charge in [-0.25, -0.2) is 4.39 Å². The zero-order valence-corrected chi connectivity index (χ0v) is 12.2. The molecule has 1 heterocycles. The van der Waals surface area contributed by atoms with Crippen molar-refractivity contribution < 1.29 is 9.50 Å². The highest BCUT2D eigenvalue weighted by Crippen LogP contribution is 2.20. The number of likely N-dealkylation sites (N-methyl/N-ethyl adjacent to an activating group) is 2. The normalized spacial score (nSPS) is 14.9. The van der Waals surface area contributed by atoms with Crippen LogP contribution in [0.4, 0.5) is 4.39 Å². The van der Waals surface area contributed by atoms with Gasteiger partial charge >= 0.3 is 0 Å². The average Bonchev–Trinajstić information content (AvgIpc) is 2.36. The van der Waals surface area contributed by atoms with Crippen molar-refractivity contribution in [2.75, 3.05) is 40.8 Å². The second-order valence-electron chi connectivity index (χ2n) is 5.39. The maximum absolute atomic E-state index is 12.8. The molecule has 0 aliphatic rings. The van der Waals surface area contributed by atoms with Gasteiger partial charge in [0, 0.05) is 25.6 Å². The van der Waals surface area contributed by atoms with E-state index in [1.54, 1.807) is 0 Å². The Labute approximate surface area is 114 Å². The predicted molar refractivity (Wildman–Crippen MR) is 74.4 cm³/mol. The molecule has 0 bridgehead atoms. The maximum atomic E-state index is 12.8. The summed E-state index contributed by atoms with van der Waals surface area (Å²) in [4.78, 5) is 8.23. The van der Waals surface area contributed by atoms with Gasteiger partial charge in [-0.05, 0) is 33.3 Å². The summed E-state index contributed by atoms with van der Waals surface area (Å²) in [6, 6.07) is 2.87. The molecule has 1 rings (SSSR count). The Morgan fingerprint density at radius 1 is 1.26 bits per heavy atom. The fraction of sp³-hybridized carbons (Fsp3) is 0.643. The molecule has 0 amide bonds. The molecule has 2 unspecified atom stereocenters. The molecule has 1 aromatic rings. The van der Waals surface area contributed by atoms with Crippen molar-refractivity contribution >= 4 is 0 Å². The molecule has 4 nitrogen and oxygen atoms in total. The molecule has 108 valence electrons.